The monoisotopic (exact) mass is 386 g/mol. The molecule has 1 unspecified atom stereocenters. The number of hydrogen-bond acceptors (Lipinski definition) is 3. The molecule has 5 heteroatoms. The Hall–Kier alpha value is -2.04. The average molecular weight is 387 g/mol. The molecule has 4 rings (SSSR count). The van der Waals surface area contributed by atoms with Crippen molar-refractivity contribution in [2.24, 2.45) is 0 Å². The second-order valence-corrected chi connectivity index (χ2v) is 7.44. The number of carbonyl (C=O) groups is 1. The van der Waals surface area contributed by atoms with Crippen LogP contribution >= 0.6 is 12.4 Å². The van der Waals surface area contributed by atoms with E-state index in [1.807, 2.05) is 24.3 Å². The van der Waals surface area contributed by atoms with Crippen molar-refractivity contribution in [1.29, 1.82) is 0 Å². The summed E-state index contributed by atoms with van der Waals surface area (Å²) in [6.07, 6.45) is 4.53. The predicted molar refractivity (Wildman–Crippen MR) is 110 cm³/mol. The van der Waals surface area contributed by atoms with E-state index >= 15 is 0 Å². The van der Waals surface area contributed by atoms with E-state index < -0.39 is 5.41 Å². The molecule has 0 bridgehead atoms. The Morgan fingerprint density at radius 2 is 1.85 bits per heavy atom. The first-order valence-electron chi connectivity index (χ1n) is 9.52. The normalized spacial score (nSPS) is 20.8. The van der Waals surface area contributed by atoms with Gasteiger partial charge in [-0.25, -0.2) is 0 Å². The first kappa shape index (κ1) is 19.7. The summed E-state index contributed by atoms with van der Waals surface area (Å²) in [5.41, 5.74) is 9.81. The van der Waals surface area contributed by atoms with Crippen LogP contribution in [0, 0.1) is 0 Å². The highest BCUT2D eigenvalue weighted by atomic mass is 35.5. The van der Waals surface area contributed by atoms with Gasteiger partial charge in [-0.15, -0.1) is 12.4 Å². The van der Waals surface area contributed by atoms with E-state index in [1.54, 1.807) is 0 Å². The molecule has 1 saturated heterocycles. The highest BCUT2D eigenvalue weighted by molar-refractivity contribution is 5.88. The van der Waals surface area contributed by atoms with Gasteiger partial charge in [0.05, 0.1) is 11.5 Å². The zero-order chi connectivity index (χ0) is 18.0. The SMILES string of the molecule is Cl.Nc1ccc2c(c1)CCCC2NC(=O)C1(c2ccccc2)CCOCC1. The summed E-state index contributed by atoms with van der Waals surface area (Å²) in [5, 5.41) is 3.37. The van der Waals surface area contributed by atoms with Crippen LogP contribution in [-0.2, 0) is 21.4 Å². The van der Waals surface area contributed by atoms with E-state index in [9.17, 15) is 4.79 Å². The minimum Gasteiger partial charge on any atom is -0.399 e. The molecule has 0 spiro atoms. The number of rotatable bonds is 3. The number of hydrogen-bond donors (Lipinski definition) is 2. The van der Waals surface area contributed by atoms with Gasteiger partial charge in [0.1, 0.15) is 0 Å². The molecule has 0 radical (unpaired) electrons. The third-order valence-corrected chi connectivity index (χ3v) is 5.89. The van der Waals surface area contributed by atoms with Crippen LogP contribution in [0.2, 0.25) is 0 Å². The molecule has 4 nitrogen and oxygen atoms in total. The van der Waals surface area contributed by atoms with Crippen LogP contribution in [-0.4, -0.2) is 19.1 Å². The number of amides is 1. The van der Waals surface area contributed by atoms with Gasteiger partial charge in [-0.05, 0) is 60.9 Å². The Bertz CT molecular complexity index is 788. The van der Waals surface area contributed by atoms with E-state index in [2.05, 4.69) is 29.6 Å². The maximum Gasteiger partial charge on any atom is 0.231 e. The number of nitrogens with two attached hydrogens (primary N) is 1. The first-order valence-corrected chi connectivity index (χ1v) is 9.52. The summed E-state index contributed by atoms with van der Waals surface area (Å²) in [4.78, 5) is 13.5. The summed E-state index contributed by atoms with van der Waals surface area (Å²) in [7, 11) is 0. The molecule has 0 saturated carbocycles. The minimum absolute atomic E-state index is 0. The lowest BCUT2D eigenvalue weighted by molar-refractivity contribution is -0.131. The molecule has 2 aromatic rings. The third kappa shape index (κ3) is 3.83. The van der Waals surface area contributed by atoms with Gasteiger partial charge in [-0.3, -0.25) is 4.79 Å². The van der Waals surface area contributed by atoms with Gasteiger partial charge in [0, 0.05) is 18.9 Å². The lowest BCUT2D eigenvalue weighted by Crippen LogP contribution is -2.49. The molecule has 1 aliphatic carbocycles. The van der Waals surface area contributed by atoms with Crippen LogP contribution in [0.1, 0.15) is 48.4 Å². The number of nitrogen functional groups attached to an aromatic ring is 1. The van der Waals surface area contributed by atoms with Gasteiger partial charge in [-0.2, -0.15) is 0 Å². The Morgan fingerprint density at radius 1 is 1.11 bits per heavy atom. The van der Waals surface area contributed by atoms with Crippen molar-refractivity contribution in [2.45, 2.75) is 43.6 Å². The highest BCUT2D eigenvalue weighted by Crippen LogP contribution is 2.37. The predicted octanol–water partition coefficient (Wildman–Crippen LogP) is 3.93. The molecule has 0 aromatic heterocycles. The fourth-order valence-electron chi connectivity index (χ4n) is 4.40. The standard InChI is InChI=1S/C22H26N2O2.ClH/c23-18-9-10-19-16(15-18)5-4-8-20(19)24-21(25)22(11-13-26-14-12-22)17-6-2-1-3-7-17;/h1-3,6-7,9-10,15,20H,4-5,8,11-14,23H2,(H,24,25);1H. The van der Waals surface area contributed by atoms with Gasteiger partial charge in [0.25, 0.3) is 0 Å². The third-order valence-electron chi connectivity index (χ3n) is 5.89. The van der Waals surface area contributed by atoms with Gasteiger partial charge in [0.2, 0.25) is 5.91 Å². The zero-order valence-corrected chi connectivity index (χ0v) is 16.3. The van der Waals surface area contributed by atoms with E-state index in [1.165, 1.54) is 11.1 Å². The van der Waals surface area contributed by atoms with Gasteiger partial charge in [-0.1, -0.05) is 36.4 Å². The van der Waals surface area contributed by atoms with Crippen LogP contribution in [0.3, 0.4) is 0 Å². The van der Waals surface area contributed by atoms with Gasteiger partial charge >= 0.3 is 0 Å². The zero-order valence-electron chi connectivity index (χ0n) is 15.4. The lowest BCUT2D eigenvalue weighted by Gasteiger charge is -2.38. The Kier molecular flexibility index (Phi) is 6.08. The fourth-order valence-corrected chi connectivity index (χ4v) is 4.40. The Labute approximate surface area is 166 Å². The number of anilines is 1. The molecule has 27 heavy (non-hydrogen) atoms. The number of ether oxygens (including phenoxy) is 1. The largest absolute Gasteiger partial charge is 0.399 e. The Morgan fingerprint density at radius 3 is 2.59 bits per heavy atom. The van der Waals surface area contributed by atoms with Crippen molar-refractivity contribution in [3.05, 3.63) is 65.2 Å². The molecule has 144 valence electrons. The lowest BCUT2D eigenvalue weighted by atomic mass is 9.73. The number of carbonyl (C=O) groups excluding carboxylic acids is 1. The molecule has 3 N–H and O–H groups in total. The van der Waals surface area contributed by atoms with Crippen molar-refractivity contribution < 1.29 is 9.53 Å². The van der Waals surface area contributed by atoms with Crippen molar-refractivity contribution in [1.82, 2.24) is 5.32 Å². The van der Waals surface area contributed by atoms with Crippen molar-refractivity contribution >= 4 is 24.0 Å². The van der Waals surface area contributed by atoms with E-state index in [0.717, 1.165) is 43.4 Å². The van der Waals surface area contributed by atoms with Crippen LogP contribution in [0.5, 0.6) is 0 Å². The van der Waals surface area contributed by atoms with Crippen molar-refractivity contribution in [3.8, 4) is 0 Å². The van der Waals surface area contributed by atoms with Crippen molar-refractivity contribution in [3.63, 3.8) is 0 Å². The second kappa shape index (κ2) is 8.32. The highest BCUT2D eigenvalue weighted by Gasteiger charge is 2.42. The summed E-state index contributed by atoms with van der Waals surface area (Å²) < 4.78 is 5.56. The van der Waals surface area contributed by atoms with Crippen molar-refractivity contribution in [2.75, 3.05) is 18.9 Å². The molecule has 2 aromatic carbocycles. The van der Waals surface area contributed by atoms with Crippen LogP contribution in [0.25, 0.3) is 0 Å². The van der Waals surface area contributed by atoms with Crippen LogP contribution < -0.4 is 11.1 Å². The molecule has 2 aliphatic rings. The first-order chi connectivity index (χ1) is 12.7. The van der Waals surface area contributed by atoms with Crippen LogP contribution in [0.15, 0.2) is 48.5 Å². The molecule has 1 aliphatic heterocycles. The number of benzene rings is 2. The molecular formula is C22H27ClN2O2. The minimum atomic E-state index is -0.495. The van der Waals surface area contributed by atoms with Gasteiger partial charge < -0.3 is 15.8 Å². The quantitative estimate of drug-likeness (QED) is 0.785. The molecular weight excluding hydrogens is 360 g/mol. The summed E-state index contributed by atoms with van der Waals surface area (Å²) in [5.74, 6) is 0.127. The maximum atomic E-state index is 13.5. The van der Waals surface area contributed by atoms with E-state index in [-0.39, 0.29) is 24.4 Å². The Balaban J connectivity index is 0.00000210. The van der Waals surface area contributed by atoms with E-state index in [0.29, 0.717) is 13.2 Å². The average Bonchev–Trinajstić information content (AvgIpc) is 2.69. The molecule has 1 heterocycles. The molecule has 1 atom stereocenters. The fraction of sp³-hybridized carbons (Fsp3) is 0.409. The maximum absolute atomic E-state index is 13.5. The van der Waals surface area contributed by atoms with E-state index in [4.69, 9.17) is 10.5 Å². The second-order valence-electron chi connectivity index (χ2n) is 7.44. The molecule has 1 amide bonds. The topological polar surface area (TPSA) is 64.3 Å². The summed E-state index contributed by atoms with van der Waals surface area (Å²) in [6.45, 7) is 1.25. The molecule has 1 fully saturated rings. The summed E-state index contributed by atoms with van der Waals surface area (Å²) >= 11 is 0. The number of fused-ring (bicyclic) bond motifs is 1. The number of nitrogens with one attached hydrogen (secondary N) is 1. The summed E-state index contributed by atoms with van der Waals surface area (Å²) in [6, 6.07) is 16.3. The number of aryl methyl sites for hydroxylation is 1. The number of halogens is 1. The van der Waals surface area contributed by atoms with Gasteiger partial charge in [0.15, 0.2) is 0 Å². The smallest absolute Gasteiger partial charge is 0.231 e. The van der Waals surface area contributed by atoms with Crippen LogP contribution in [0.4, 0.5) is 5.69 Å².